The van der Waals surface area contributed by atoms with Crippen LogP contribution in [-0.2, 0) is 17.9 Å². The van der Waals surface area contributed by atoms with Gasteiger partial charge in [0.05, 0.1) is 12.7 Å². The van der Waals surface area contributed by atoms with Crippen molar-refractivity contribution in [2.75, 3.05) is 0 Å². The number of rotatable bonds is 8. The van der Waals surface area contributed by atoms with Crippen LogP contribution in [0.4, 0.5) is 5.69 Å². The number of nitrogens with one attached hydrogen (secondary N) is 1. The second kappa shape index (κ2) is 12.5. The quantitative estimate of drug-likeness (QED) is 0.171. The molecule has 0 heterocycles. The highest BCUT2D eigenvalue weighted by Crippen LogP contribution is 2.49. The highest BCUT2D eigenvalue weighted by Gasteiger charge is 2.27. The number of thiocarbonyl (C=S) groups is 1. The Hall–Kier alpha value is -3.98. The van der Waals surface area contributed by atoms with Gasteiger partial charge in [-0.25, -0.2) is 0 Å². The predicted molar refractivity (Wildman–Crippen MR) is 164 cm³/mol. The number of ether oxygens (including phenoxy) is 1. The molecule has 0 aliphatic heterocycles. The summed E-state index contributed by atoms with van der Waals surface area (Å²) < 4.78 is 11.3. The van der Waals surface area contributed by atoms with Crippen LogP contribution in [0.15, 0.2) is 150 Å². The minimum atomic E-state index is -2.30. The van der Waals surface area contributed by atoms with Gasteiger partial charge in [-0.1, -0.05) is 133 Å². The molecule has 0 amide bonds. The molecular formula is C33H29N2OPS. The van der Waals surface area contributed by atoms with Crippen molar-refractivity contribution in [2.24, 2.45) is 4.74 Å². The maximum absolute atomic E-state index is 5.80. The third-order valence-corrected chi connectivity index (χ3v) is 10.2. The average molecular weight is 533 g/mol. The van der Waals surface area contributed by atoms with E-state index < -0.39 is 7.05 Å². The fourth-order valence-electron chi connectivity index (χ4n) is 4.35. The van der Waals surface area contributed by atoms with Crippen molar-refractivity contribution in [3.05, 3.63) is 157 Å². The zero-order valence-electron chi connectivity index (χ0n) is 21.0. The van der Waals surface area contributed by atoms with Crippen molar-refractivity contribution in [1.29, 1.82) is 0 Å². The lowest BCUT2D eigenvalue weighted by molar-refractivity contribution is 0.286. The molecule has 0 unspecified atom stereocenters. The van der Waals surface area contributed by atoms with Crippen molar-refractivity contribution in [1.82, 2.24) is 5.32 Å². The first-order chi connectivity index (χ1) is 18.7. The summed E-state index contributed by atoms with van der Waals surface area (Å²) in [6.07, 6.45) is 0. The largest absolute Gasteiger partial charge is 0.466 e. The Labute approximate surface area is 230 Å². The number of hydrogen-bond acceptors (Lipinski definition) is 3. The van der Waals surface area contributed by atoms with Crippen LogP contribution in [0.1, 0.15) is 11.1 Å². The van der Waals surface area contributed by atoms with E-state index in [0.717, 1.165) is 16.8 Å². The third kappa shape index (κ3) is 6.11. The number of benzene rings is 5. The second-order valence-electron chi connectivity index (χ2n) is 8.82. The van der Waals surface area contributed by atoms with Gasteiger partial charge in [0.1, 0.15) is 6.61 Å². The van der Waals surface area contributed by atoms with Crippen molar-refractivity contribution >= 4 is 46.0 Å². The summed E-state index contributed by atoms with van der Waals surface area (Å²) in [6.45, 7) is 1.04. The SMILES string of the molecule is S=C(NCc1ccccc1)OCc1ccc(N=P(c2ccccc2)(c2ccccc2)c2ccccc2)cc1. The van der Waals surface area contributed by atoms with Crippen LogP contribution in [0.2, 0.25) is 0 Å². The Morgan fingerprint density at radius 2 is 1.03 bits per heavy atom. The van der Waals surface area contributed by atoms with Crippen molar-refractivity contribution in [3.8, 4) is 0 Å². The molecule has 5 heteroatoms. The lowest BCUT2D eigenvalue weighted by Gasteiger charge is -2.27. The highest BCUT2D eigenvalue weighted by atomic mass is 32.1. The van der Waals surface area contributed by atoms with Crippen LogP contribution in [-0.4, -0.2) is 5.17 Å². The molecule has 0 saturated carbocycles. The number of nitrogens with zero attached hydrogens (tertiary/aromatic N) is 1. The van der Waals surface area contributed by atoms with Gasteiger partial charge in [-0.3, -0.25) is 4.74 Å². The van der Waals surface area contributed by atoms with E-state index in [2.05, 4.69) is 133 Å². The molecule has 5 rings (SSSR count). The van der Waals surface area contributed by atoms with E-state index in [1.807, 2.05) is 18.2 Å². The first-order valence-corrected chi connectivity index (χ1v) is 14.7. The van der Waals surface area contributed by atoms with Gasteiger partial charge in [-0.15, -0.1) is 0 Å². The summed E-state index contributed by atoms with van der Waals surface area (Å²) in [5.41, 5.74) is 3.13. The summed E-state index contributed by atoms with van der Waals surface area (Å²) in [4.78, 5) is 0. The van der Waals surface area contributed by atoms with E-state index in [-0.39, 0.29) is 0 Å². The summed E-state index contributed by atoms with van der Waals surface area (Å²) in [5.74, 6) is 0. The second-order valence-corrected chi connectivity index (χ2v) is 12.2. The molecule has 5 aromatic rings. The molecule has 0 bridgehead atoms. The summed E-state index contributed by atoms with van der Waals surface area (Å²) in [7, 11) is -2.30. The monoisotopic (exact) mass is 532 g/mol. The Bertz CT molecular complexity index is 1400. The molecule has 0 radical (unpaired) electrons. The van der Waals surface area contributed by atoms with Gasteiger partial charge in [-0.2, -0.15) is 0 Å². The van der Waals surface area contributed by atoms with E-state index in [1.165, 1.54) is 15.9 Å². The fourth-order valence-corrected chi connectivity index (χ4v) is 8.02. The fraction of sp³-hybridized carbons (Fsp3) is 0.0606. The lowest BCUT2D eigenvalue weighted by atomic mass is 10.2. The third-order valence-electron chi connectivity index (χ3n) is 6.24. The van der Waals surface area contributed by atoms with Gasteiger partial charge in [0, 0.05) is 22.5 Å². The summed E-state index contributed by atoms with van der Waals surface area (Å²) >= 11 is 5.36. The summed E-state index contributed by atoms with van der Waals surface area (Å²) in [5, 5.41) is 7.22. The van der Waals surface area contributed by atoms with Crippen molar-refractivity contribution in [2.45, 2.75) is 13.2 Å². The molecule has 0 spiro atoms. The summed E-state index contributed by atoms with van der Waals surface area (Å²) in [6, 6.07) is 50.4. The lowest BCUT2D eigenvalue weighted by Crippen LogP contribution is -2.25. The molecule has 0 aliphatic carbocycles. The molecule has 0 saturated heterocycles. The van der Waals surface area contributed by atoms with E-state index in [1.54, 1.807) is 0 Å². The Morgan fingerprint density at radius 1 is 0.579 bits per heavy atom. The first kappa shape index (κ1) is 25.7. The molecule has 0 fully saturated rings. The van der Waals surface area contributed by atoms with Gasteiger partial charge in [0.2, 0.25) is 0 Å². The van der Waals surface area contributed by atoms with E-state index in [4.69, 9.17) is 21.7 Å². The van der Waals surface area contributed by atoms with Crippen LogP contribution in [0.25, 0.3) is 0 Å². The van der Waals surface area contributed by atoms with E-state index >= 15 is 0 Å². The average Bonchev–Trinajstić information content (AvgIpc) is 3.00. The Balaban J connectivity index is 1.42. The van der Waals surface area contributed by atoms with Crippen LogP contribution in [0.5, 0.6) is 0 Å². The molecule has 38 heavy (non-hydrogen) atoms. The van der Waals surface area contributed by atoms with Crippen LogP contribution in [0, 0.1) is 0 Å². The van der Waals surface area contributed by atoms with Gasteiger partial charge in [0.25, 0.3) is 5.17 Å². The zero-order chi connectivity index (χ0) is 26.0. The minimum Gasteiger partial charge on any atom is -0.466 e. The molecule has 1 N–H and O–H groups in total. The molecule has 3 nitrogen and oxygen atoms in total. The van der Waals surface area contributed by atoms with Gasteiger partial charge in [-0.05, 0) is 35.5 Å². The van der Waals surface area contributed by atoms with Crippen LogP contribution < -0.4 is 21.2 Å². The smallest absolute Gasteiger partial charge is 0.257 e. The Kier molecular flexibility index (Phi) is 8.45. The molecule has 0 aliphatic rings. The molecule has 188 valence electrons. The molecule has 0 atom stereocenters. The topological polar surface area (TPSA) is 33.6 Å². The van der Waals surface area contributed by atoms with E-state index in [9.17, 15) is 0 Å². The van der Waals surface area contributed by atoms with Crippen molar-refractivity contribution in [3.63, 3.8) is 0 Å². The maximum atomic E-state index is 5.80. The van der Waals surface area contributed by atoms with Crippen LogP contribution in [0.3, 0.4) is 0 Å². The zero-order valence-corrected chi connectivity index (χ0v) is 22.7. The Morgan fingerprint density at radius 3 is 1.50 bits per heavy atom. The molecule has 5 aromatic carbocycles. The van der Waals surface area contributed by atoms with Gasteiger partial charge < -0.3 is 10.1 Å². The first-order valence-electron chi connectivity index (χ1n) is 12.6. The number of hydrogen-bond donors (Lipinski definition) is 1. The minimum absolute atomic E-state index is 0.393. The molecule has 0 aromatic heterocycles. The maximum Gasteiger partial charge on any atom is 0.257 e. The highest BCUT2D eigenvalue weighted by molar-refractivity contribution is 7.87. The normalized spacial score (nSPS) is 10.9. The van der Waals surface area contributed by atoms with Gasteiger partial charge in [0.15, 0.2) is 0 Å². The predicted octanol–water partition coefficient (Wildman–Crippen LogP) is 7.09. The standard InChI is InChI=1S/C33H29N2OPS/c38-33(34-25-27-13-5-1-6-14-27)36-26-28-21-23-29(24-22-28)35-37(30-15-7-2-8-16-30,31-17-9-3-10-18-31)32-19-11-4-12-20-32/h1-24H,25-26H2,(H,34,38). The van der Waals surface area contributed by atoms with Gasteiger partial charge >= 0.3 is 0 Å². The van der Waals surface area contributed by atoms with Crippen molar-refractivity contribution < 1.29 is 4.74 Å². The van der Waals surface area contributed by atoms with E-state index in [0.29, 0.717) is 18.3 Å². The molecular weight excluding hydrogens is 503 g/mol. The van der Waals surface area contributed by atoms with Crippen LogP contribution >= 0.6 is 19.3 Å².